The number of hydrogen-bond acceptors (Lipinski definition) is 3. The van der Waals surface area contributed by atoms with E-state index in [9.17, 15) is 4.79 Å². The molecule has 0 bridgehead atoms. The zero-order valence-electron chi connectivity index (χ0n) is 10.1. The van der Waals surface area contributed by atoms with Gasteiger partial charge < -0.3 is 4.74 Å². The number of nitrogens with zero attached hydrogens (tertiary/aromatic N) is 1. The summed E-state index contributed by atoms with van der Waals surface area (Å²) >= 11 is 0. The van der Waals surface area contributed by atoms with Crippen LogP contribution in [0.25, 0.3) is 0 Å². The first-order chi connectivity index (χ1) is 8.26. The van der Waals surface area contributed by atoms with Crippen molar-refractivity contribution in [1.29, 1.82) is 5.26 Å². The van der Waals surface area contributed by atoms with Gasteiger partial charge in [-0.1, -0.05) is 19.1 Å². The number of Topliss-reactive ketones (excluding diaryl/α,β-unsaturated/α-hetero) is 1. The molecule has 0 amide bonds. The smallest absolute Gasteiger partial charge is 0.132 e. The molecule has 0 aliphatic heterocycles. The summed E-state index contributed by atoms with van der Waals surface area (Å²) in [6.07, 6.45) is 2.36. The van der Waals surface area contributed by atoms with Crippen molar-refractivity contribution in [3.05, 3.63) is 29.8 Å². The molecule has 3 nitrogen and oxygen atoms in total. The van der Waals surface area contributed by atoms with E-state index in [2.05, 4.69) is 6.07 Å². The number of hydrogen-bond donors (Lipinski definition) is 0. The van der Waals surface area contributed by atoms with Crippen LogP contribution in [0.5, 0.6) is 5.75 Å². The monoisotopic (exact) mass is 231 g/mol. The summed E-state index contributed by atoms with van der Waals surface area (Å²) in [5.41, 5.74) is 0.987. The van der Waals surface area contributed by atoms with Crippen LogP contribution < -0.4 is 4.74 Å². The molecule has 90 valence electrons. The molecule has 0 heterocycles. The molecule has 0 aliphatic carbocycles. The Morgan fingerprint density at radius 1 is 1.35 bits per heavy atom. The van der Waals surface area contributed by atoms with Crippen LogP contribution in [0.3, 0.4) is 0 Å². The van der Waals surface area contributed by atoms with Crippen LogP contribution in [-0.4, -0.2) is 12.4 Å². The molecule has 0 saturated heterocycles. The number of carbonyl (C=O) groups is 1. The van der Waals surface area contributed by atoms with Crippen LogP contribution in [0, 0.1) is 11.3 Å². The van der Waals surface area contributed by atoms with E-state index in [1.54, 1.807) is 0 Å². The minimum absolute atomic E-state index is 0.276. The number of ether oxygens (including phenoxy) is 1. The molecule has 1 rings (SSSR count). The molecule has 0 fully saturated rings. The van der Waals surface area contributed by atoms with E-state index in [0.29, 0.717) is 25.9 Å². The first-order valence-corrected chi connectivity index (χ1v) is 5.86. The third-order valence-corrected chi connectivity index (χ3v) is 2.47. The van der Waals surface area contributed by atoms with Gasteiger partial charge in [0, 0.05) is 12.8 Å². The molecule has 0 aliphatic rings. The zero-order chi connectivity index (χ0) is 12.5. The Hall–Kier alpha value is -1.82. The predicted molar refractivity (Wildman–Crippen MR) is 65.8 cm³/mol. The van der Waals surface area contributed by atoms with E-state index in [-0.39, 0.29) is 5.78 Å². The quantitative estimate of drug-likeness (QED) is 0.678. The molecule has 0 radical (unpaired) electrons. The topological polar surface area (TPSA) is 50.1 Å². The van der Waals surface area contributed by atoms with Crippen molar-refractivity contribution in [3.63, 3.8) is 0 Å². The lowest BCUT2D eigenvalue weighted by molar-refractivity contribution is -0.118. The Balaban J connectivity index is 2.28. The second kappa shape index (κ2) is 7.45. The SMILES string of the molecule is CCC(=O)CCCOc1ccc(CC#N)cc1. The van der Waals surface area contributed by atoms with Crippen LogP contribution >= 0.6 is 0 Å². The molecular weight excluding hydrogens is 214 g/mol. The van der Waals surface area contributed by atoms with Gasteiger partial charge in [-0.3, -0.25) is 4.79 Å². The fourth-order valence-corrected chi connectivity index (χ4v) is 1.43. The van der Waals surface area contributed by atoms with Gasteiger partial charge in [-0.05, 0) is 24.1 Å². The normalized spacial score (nSPS) is 9.65. The largest absolute Gasteiger partial charge is 0.494 e. The second-order valence-electron chi connectivity index (χ2n) is 3.82. The number of nitriles is 1. The molecule has 1 aromatic carbocycles. The fourth-order valence-electron chi connectivity index (χ4n) is 1.43. The lowest BCUT2D eigenvalue weighted by atomic mass is 10.1. The Kier molecular flexibility index (Phi) is 5.81. The molecule has 0 atom stereocenters. The predicted octanol–water partition coefficient (Wildman–Crippen LogP) is 2.89. The molecule has 1 aromatic rings. The van der Waals surface area contributed by atoms with Gasteiger partial charge in [-0.15, -0.1) is 0 Å². The number of rotatable bonds is 7. The number of carbonyl (C=O) groups excluding carboxylic acids is 1. The van der Waals surface area contributed by atoms with Crippen molar-refractivity contribution in [2.24, 2.45) is 0 Å². The Labute approximate surface area is 102 Å². The summed E-state index contributed by atoms with van der Waals surface area (Å²) in [5.74, 6) is 1.06. The standard InChI is InChI=1S/C14H17NO2/c1-2-13(16)4-3-11-17-14-7-5-12(6-8-14)9-10-15/h5-8H,2-4,9,11H2,1H3. The van der Waals surface area contributed by atoms with E-state index in [0.717, 1.165) is 17.7 Å². The van der Waals surface area contributed by atoms with Crippen molar-refractivity contribution in [2.75, 3.05) is 6.61 Å². The lowest BCUT2D eigenvalue weighted by Crippen LogP contribution is -2.02. The second-order valence-corrected chi connectivity index (χ2v) is 3.82. The molecular formula is C14H17NO2. The van der Waals surface area contributed by atoms with Gasteiger partial charge in [0.25, 0.3) is 0 Å². The van der Waals surface area contributed by atoms with Gasteiger partial charge in [0.1, 0.15) is 11.5 Å². The third kappa shape index (κ3) is 5.17. The lowest BCUT2D eigenvalue weighted by Gasteiger charge is -2.05. The average Bonchev–Trinajstić information content (AvgIpc) is 2.36. The maximum atomic E-state index is 11.1. The number of ketones is 1. The molecule has 0 N–H and O–H groups in total. The van der Waals surface area contributed by atoms with Gasteiger partial charge in [-0.25, -0.2) is 0 Å². The van der Waals surface area contributed by atoms with Gasteiger partial charge >= 0.3 is 0 Å². The highest BCUT2D eigenvalue weighted by molar-refractivity contribution is 5.77. The van der Waals surface area contributed by atoms with E-state index < -0.39 is 0 Å². The highest BCUT2D eigenvalue weighted by Gasteiger charge is 1.99. The van der Waals surface area contributed by atoms with Crippen molar-refractivity contribution >= 4 is 5.78 Å². The molecule has 3 heteroatoms. The summed E-state index contributed by atoms with van der Waals surface area (Å²) in [5, 5.41) is 8.52. The van der Waals surface area contributed by atoms with E-state index in [1.165, 1.54) is 0 Å². The minimum Gasteiger partial charge on any atom is -0.494 e. The fraction of sp³-hybridized carbons (Fsp3) is 0.429. The molecule has 17 heavy (non-hydrogen) atoms. The maximum Gasteiger partial charge on any atom is 0.132 e. The van der Waals surface area contributed by atoms with Crippen LogP contribution in [0.4, 0.5) is 0 Å². The number of benzene rings is 1. The highest BCUT2D eigenvalue weighted by atomic mass is 16.5. The summed E-state index contributed by atoms with van der Waals surface area (Å²) in [6, 6.07) is 9.58. The Morgan fingerprint density at radius 3 is 2.65 bits per heavy atom. The Morgan fingerprint density at radius 2 is 2.06 bits per heavy atom. The van der Waals surface area contributed by atoms with Crippen molar-refractivity contribution in [2.45, 2.75) is 32.6 Å². The summed E-state index contributed by atoms with van der Waals surface area (Å²) in [7, 11) is 0. The van der Waals surface area contributed by atoms with E-state index >= 15 is 0 Å². The maximum absolute atomic E-state index is 11.1. The average molecular weight is 231 g/mol. The molecule has 0 spiro atoms. The van der Waals surface area contributed by atoms with Crippen LogP contribution in [0.2, 0.25) is 0 Å². The molecule has 0 saturated carbocycles. The van der Waals surface area contributed by atoms with Crippen molar-refractivity contribution in [1.82, 2.24) is 0 Å². The Bertz CT molecular complexity index is 390. The first kappa shape index (κ1) is 13.2. The van der Waals surface area contributed by atoms with E-state index in [4.69, 9.17) is 10.00 Å². The zero-order valence-corrected chi connectivity index (χ0v) is 10.1. The summed E-state index contributed by atoms with van der Waals surface area (Å²) in [6.45, 7) is 2.43. The van der Waals surface area contributed by atoms with Crippen molar-refractivity contribution < 1.29 is 9.53 Å². The van der Waals surface area contributed by atoms with Gasteiger partial charge in [0.05, 0.1) is 19.1 Å². The van der Waals surface area contributed by atoms with Crippen molar-refractivity contribution in [3.8, 4) is 11.8 Å². The van der Waals surface area contributed by atoms with Gasteiger partial charge in [0.2, 0.25) is 0 Å². The van der Waals surface area contributed by atoms with Crippen LogP contribution in [0.15, 0.2) is 24.3 Å². The third-order valence-electron chi connectivity index (χ3n) is 2.47. The van der Waals surface area contributed by atoms with Crippen LogP contribution in [0.1, 0.15) is 31.7 Å². The summed E-state index contributed by atoms with van der Waals surface area (Å²) < 4.78 is 5.50. The van der Waals surface area contributed by atoms with Gasteiger partial charge in [0.15, 0.2) is 0 Å². The van der Waals surface area contributed by atoms with E-state index in [1.807, 2.05) is 31.2 Å². The summed E-state index contributed by atoms with van der Waals surface area (Å²) in [4.78, 5) is 11.1. The van der Waals surface area contributed by atoms with Crippen LogP contribution in [-0.2, 0) is 11.2 Å². The highest BCUT2D eigenvalue weighted by Crippen LogP contribution is 2.13. The van der Waals surface area contributed by atoms with Gasteiger partial charge in [-0.2, -0.15) is 5.26 Å². The molecule has 0 aromatic heterocycles. The minimum atomic E-state index is 0.276. The first-order valence-electron chi connectivity index (χ1n) is 5.86. The molecule has 0 unspecified atom stereocenters.